The molecule has 5 nitrogen and oxygen atoms in total. The van der Waals surface area contributed by atoms with Crippen molar-refractivity contribution in [2.24, 2.45) is 0 Å². The molecular weight excluding hydrogens is 328 g/mol. The van der Waals surface area contributed by atoms with E-state index in [1.54, 1.807) is 12.1 Å². The van der Waals surface area contributed by atoms with Crippen LogP contribution in [-0.4, -0.2) is 21.4 Å². The maximum absolute atomic E-state index is 13.9. The number of hydrogen-bond acceptors (Lipinski definition) is 4. The van der Waals surface area contributed by atoms with Crippen LogP contribution >= 0.6 is 0 Å². The SMILES string of the molecule is O=c1[nH]c(-c2ccco2)nc2c1CCN(Cc1cc(F)ccc1F)C2. The molecule has 0 unspecified atom stereocenters. The van der Waals surface area contributed by atoms with Crippen molar-refractivity contribution in [2.75, 3.05) is 6.54 Å². The zero-order valence-corrected chi connectivity index (χ0v) is 13.3. The van der Waals surface area contributed by atoms with E-state index in [1.165, 1.54) is 12.3 Å². The molecule has 0 radical (unpaired) electrons. The number of aromatic amines is 1. The fraction of sp³-hybridized carbons (Fsp3) is 0.222. The molecule has 0 spiro atoms. The van der Waals surface area contributed by atoms with Gasteiger partial charge in [-0.2, -0.15) is 0 Å². The Morgan fingerprint density at radius 1 is 1.28 bits per heavy atom. The average Bonchev–Trinajstić information content (AvgIpc) is 3.12. The molecule has 3 heterocycles. The summed E-state index contributed by atoms with van der Waals surface area (Å²) in [7, 11) is 0. The van der Waals surface area contributed by atoms with Crippen LogP contribution in [0, 0.1) is 11.6 Å². The lowest BCUT2D eigenvalue weighted by Gasteiger charge is -2.27. The maximum atomic E-state index is 13.9. The third-order valence-electron chi connectivity index (χ3n) is 4.31. The van der Waals surface area contributed by atoms with Gasteiger partial charge in [0.15, 0.2) is 11.6 Å². The highest BCUT2D eigenvalue weighted by Gasteiger charge is 2.22. The van der Waals surface area contributed by atoms with E-state index in [2.05, 4.69) is 9.97 Å². The highest BCUT2D eigenvalue weighted by molar-refractivity contribution is 5.47. The zero-order valence-electron chi connectivity index (χ0n) is 13.3. The first-order valence-electron chi connectivity index (χ1n) is 7.92. The Bertz CT molecular complexity index is 967. The third-order valence-corrected chi connectivity index (χ3v) is 4.31. The van der Waals surface area contributed by atoms with Crippen molar-refractivity contribution in [3.8, 4) is 11.6 Å². The molecule has 1 N–H and O–H groups in total. The maximum Gasteiger partial charge on any atom is 0.254 e. The number of nitrogens with one attached hydrogen (secondary N) is 1. The number of nitrogens with zero attached hydrogens (tertiary/aromatic N) is 2. The quantitative estimate of drug-likeness (QED) is 0.794. The minimum absolute atomic E-state index is 0.187. The number of fused-ring (bicyclic) bond motifs is 1. The summed E-state index contributed by atoms with van der Waals surface area (Å²) in [4.78, 5) is 21.4. The van der Waals surface area contributed by atoms with Crippen LogP contribution in [0.3, 0.4) is 0 Å². The van der Waals surface area contributed by atoms with Gasteiger partial charge in [0.25, 0.3) is 5.56 Å². The number of H-pyrrole nitrogens is 1. The first-order chi connectivity index (χ1) is 12.1. The summed E-state index contributed by atoms with van der Waals surface area (Å²) in [5.74, 6) is -0.0634. The molecule has 1 aliphatic heterocycles. The summed E-state index contributed by atoms with van der Waals surface area (Å²) in [6.07, 6.45) is 2.01. The largest absolute Gasteiger partial charge is 0.461 e. The zero-order chi connectivity index (χ0) is 17.4. The molecule has 0 atom stereocenters. The van der Waals surface area contributed by atoms with E-state index < -0.39 is 11.6 Å². The van der Waals surface area contributed by atoms with Gasteiger partial charge in [-0.05, 0) is 36.8 Å². The third kappa shape index (κ3) is 3.10. The topological polar surface area (TPSA) is 62.1 Å². The minimum atomic E-state index is -0.469. The summed E-state index contributed by atoms with van der Waals surface area (Å²) in [6, 6.07) is 6.85. The molecule has 7 heteroatoms. The standard InChI is InChI=1S/C18H15F2N3O2/c19-12-3-4-14(20)11(8-12)9-23-6-5-13-15(10-23)21-17(22-18(13)24)16-2-1-7-25-16/h1-4,7-8H,5-6,9-10H2,(H,21,22,24). The minimum Gasteiger partial charge on any atom is -0.461 e. The van der Waals surface area contributed by atoms with E-state index in [1.807, 2.05) is 4.90 Å². The van der Waals surface area contributed by atoms with Gasteiger partial charge in [0.05, 0.1) is 12.0 Å². The number of halogens is 2. The molecule has 3 aromatic rings. The molecule has 0 fully saturated rings. The number of furan rings is 1. The van der Waals surface area contributed by atoms with Crippen LogP contribution < -0.4 is 5.56 Å². The fourth-order valence-corrected chi connectivity index (χ4v) is 3.06. The predicted octanol–water partition coefficient (Wildman–Crippen LogP) is 2.87. The van der Waals surface area contributed by atoms with Gasteiger partial charge in [0, 0.05) is 30.8 Å². The Kier molecular flexibility index (Phi) is 3.93. The molecule has 128 valence electrons. The first kappa shape index (κ1) is 15.7. The molecule has 0 saturated carbocycles. The Hall–Kier alpha value is -2.80. The summed E-state index contributed by atoms with van der Waals surface area (Å²) in [5.41, 5.74) is 1.37. The van der Waals surface area contributed by atoms with Crippen molar-refractivity contribution in [3.05, 3.63) is 75.4 Å². The van der Waals surface area contributed by atoms with Crippen LogP contribution in [0.25, 0.3) is 11.6 Å². The second kappa shape index (κ2) is 6.25. The average molecular weight is 343 g/mol. The summed E-state index contributed by atoms with van der Waals surface area (Å²) in [5, 5.41) is 0. The van der Waals surface area contributed by atoms with E-state index in [0.717, 1.165) is 12.1 Å². The fourth-order valence-electron chi connectivity index (χ4n) is 3.06. The number of aromatic nitrogens is 2. The van der Waals surface area contributed by atoms with Gasteiger partial charge in [-0.25, -0.2) is 13.8 Å². The molecule has 1 aliphatic rings. The van der Waals surface area contributed by atoms with E-state index >= 15 is 0 Å². The van der Waals surface area contributed by atoms with Crippen LogP contribution in [0.2, 0.25) is 0 Å². The Labute approximate surface area is 141 Å². The molecule has 0 amide bonds. The van der Waals surface area contributed by atoms with Crippen LogP contribution in [0.5, 0.6) is 0 Å². The lowest BCUT2D eigenvalue weighted by Crippen LogP contribution is -2.35. The summed E-state index contributed by atoms with van der Waals surface area (Å²) in [6.45, 7) is 1.23. The van der Waals surface area contributed by atoms with Gasteiger partial charge >= 0.3 is 0 Å². The molecule has 0 aliphatic carbocycles. The Morgan fingerprint density at radius 2 is 2.16 bits per heavy atom. The van der Waals surface area contributed by atoms with Gasteiger partial charge in [-0.1, -0.05) is 0 Å². The van der Waals surface area contributed by atoms with E-state index in [0.29, 0.717) is 47.9 Å². The smallest absolute Gasteiger partial charge is 0.254 e. The highest BCUT2D eigenvalue weighted by Crippen LogP contribution is 2.21. The molecule has 0 bridgehead atoms. The van der Waals surface area contributed by atoms with E-state index in [4.69, 9.17) is 4.42 Å². The van der Waals surface area contributed by atoms with Crippen molar-refractivity contribution in [2.45, 2.75) is 19.5 Å². The highest BCUT2D eigenvalue weighted by atomic mass is 19.1. The van der Waals surface area contributed by atoms with Crippen molar-refractivity contribution in [1.82, 2.24) is 14.9 Å². The van der Waals surface area contributed by atoms with Gasteiger partial charge in [0.2, 0.25) is 0 Å². The Morgan fingerprint density at radius 3 is 2.96 bits per heavy atom. The second-order valence-corrected chi connectivity index (χ2v) is 6.01. The van der Waals surface area contributed by atoms with E-state index in [-0.39, 0.29) is 12.1 Å². The van der Waals surface area contributed by atoms with Crippen LogP contribution in [-0.2, 0) is 19.5 Å². The lowest BCUT2D eigenvalue weighted by molar-refractivity contribution is 0.237. The summed E-state index contributed by atoms with van der Waals surface area (Å²) < 4.78 is 32.5. The summed E-state index contributed by atoms with van der Waals surface area (Å²) >= 11 is 0. The molecule has 4 rings (SSSR count). The normalized spacial score (nSPS) is 14.5. The van der Waals surface area contributed by atoms with Crippen LogP contribution in [0.15, 0.2) is 45.8 Å². The van der Waals surface area contributed by atoms with Crippen molar-refractivity contribution in [1.29, 1.82) is 0 Å². The second-order valence-electron chi connectivity index (χ2n) is 6.01. The molecule has 0 saturated heterocycles. The van der Waals surface area contributed by atoms with Crippen molar-refractivity contribution in [3.63, 3.8) is 0 Å². The molecule has 2 aromatic heterocycles. The lowest BCUT2D eigenvalue weighted by atomic mass is 10.1. The van der Waals surface area contributed by atoms with Crippen LogP contribution in [0.4, 0.5) is 8.78 Å². The van der Waals surface area contributed by atoms with Gasteiger partial charge in [-0.3, -0.25) is 9.69 Å². The first-order valence-corrected chi connectivity index (χ1v) is 7.92. The number of hydrogen-bond donors (Lipinski definition) is 1. The van der Waals surface area contributed by atoms with Crippen molar-refractivity contribution >= 4 is 0 Å². The Balaban J connectivity index is 1.62. The monoisotopic (exact) mass is 343 g/mol. The molecule has 1 aromatic carbocycles. The number of rotatable bonds is 3. The van der Waals surface area contributed by atoms with E-state index in [9.17, 15) is 13.6 Å². The van der Waals surface area contributed by atoms with Gasteiger partial charge in [-0.15, -0.1) is 0 Å². The number of benzene rings is 1. The molecule has 25 heavy (non-hydrogen) atoms. The predicted molar refractivity (Wildman–Crippen MR) is 86.7 cm³/mol. The van der Waals surface area contributed by atoms with Gasteiger partial charge < -0.3 is 9.40 Å². The van der Waals surface area contributed by atoms with Crippen molar-refractivity contribution < 1.29 is 13.2 Å². The molecular formula is C18H15F2N3O2. The van der Waals surface area contributed by atoms with Crippen LogP contribution in [0.1, 0.15) is 16.8 Å². The van der Waals surface area contributed by atoms with Gasteiger partial charge in [0.1, 0.15) is 11.6 Å².